The Morgan fingerprint density at radius 2 is 1.92 bits per heavy atom. The highest BCUT2D eigenvalue weighted by Gasteiger charge is 2.48. The zero-order chi connectivity index (χ0) is 27.4. The van der Waals surface area contributed by atoms with Gasteiger partial charge in [-0.25, -0.2) is 13.8 Å². The Morgan fingerprint density at radius 3 is 2.72 bits per heavy atom. The molecule has 4 aromatic rings. The first-order valence-corrected chi connectivity index (χ1v) is 12.0. The van der Waals surface area contributed by atoms with Crippen LogP contribution < -0.4 is 19.3 Å². The molecular formula is C28H22F2N4O5. The SMILES string of the molecule is COc1cccc(C2/C(=C(\O)c3ccc4c(c3)N(C)CCO4)C(=O)C(=O)N2c2nc3cc(F)c(F)cc3[nH]2)c1. The highest BCUT2D eigenvalue weighted by Crippen LogP contribution is 2.43. The predicted octanol–water partition coefficient (Wildman–Crippen LogP) is 4.30. The molecule has 0 bridgehead atoms. The van der Waals surface area contributed by atoms with E-state index in [0.29, 0.717) is 35.8 Å². The maximum atomic E-state index is 13.9. The molecule has 1 atom stereocenters. The monoisotopic (exact) mass is 532 g/mol. The van der Waals surface area contributed by atoms with Gasteiger partial charge in [0.25, 0.3) is 5.78 Å². The topological polar surface area (TPSA) is 108 Å². The molecule has 9 nitrogen and oxygen atoms in total. The number of aromatic amines is 1. The first kappa shape index (κ1) is 24.4. The van der Waals surface area contributed by atoms with Crippen molar-refractivity contribution in [3.8, 4) is 11.5 Å². The van der Waals surface area contributed by atoms with E-state index in [9.17, 15) is 23.5 Å². The molecule has 0 saturated carbocycles. The average molecular weight is 533 g/mol. The molecule has 1 saturated heterocycles. The molecule has 2 aliphatic heterocycles. The highest BCUT2D eigenvalue weighted by atomic mass is 19.2. The van der Waals surface area contributed by atoms with Gasteiger partial charge in [-0.3, -0.25) is 14.5 Å². The lowest BCUT2D eigenvalue weighted by Gasteiger charge is -2.28. The van der Waals surface area contributed by atoms with E-state index in [-0.39, 0.29) is 22.6 Å². The fourth-order valence-corrected chi connectivity index (χ4v) is 4.94. The minimum atomic E-state index is -1.12. The van der Waals surface area contributed by atoms with Crippen LogP contribution in [0.1, 0.15) is 17.2 Å². The van der Waals surface area contributed by atoms with Crippen LogP contribution in [0.4, 0.5) is 20.4 Å². The number of fused-ring (bicyclic) bond motifs is 2. The Morgan fingerprint density at radius 1 is 1.13 bits per heavy atom. The molecule has 0 radical (unpaired) electrons. The van der Waals surface area contributed by atoms with Crippen LogP contribution >= 0.6 is 0 Å². The number of ether oxygens (including phenoxy) is 2. The number of carbonyl (C=O) groups is 2. The van der Waals surface area contributed by atoms with E-state index < -0.39 is 35.1 Å². The van der Waals surface area contributed by atoms with Gasteiger partial charge in [0, 0.05) is 24.7 Å². The Bertz CT molecular complexity index is 1660. The Hall–Kier alpha value is -4.93. The van der Waals surface area contributed by atoms with Gasteiger partial charge in [0.05, 0.1) is 42.0 Å². The second kappa shape index (κ2) is 9.12. The Balaban J connectivity index is 1.55. The van der Waals surface area contributed by atoms with Crippen LogP contribution in [-0.4, -0.2) is 54.1 Å². The molecule has 0 spiro atoms. The third-order valence-electron chi connectivity index (χ3n) is 6.92. The second-order valence-corrected chi connectivity index (χ2v) is 9.24. The number of anilines is 2. The zero-order valence-electron chi connectivity index (χ0n) is 20.9. The molecule has 39 heavy (non-hydrogen) atoms. The number of Topliss-reactive ketones (excluding diaryl/α,β-unsaturated/α-hetero) is 1. The van der Waals surface area contributed by atoms with Crippen LogP contribution in [0.25, 0.3) is 16.8 Å². The smallest absolute Gasteiger partial charge is 0.302 e. The van der Waals surface area contributed by atoms with E-state index in [1.165, 1.54) is 7.11 Å². The number of ketones is 1. The molecule has 1 unspecified atom stereocenters. The predicted molar refractivity (Wildman–Crippen MR) is 139 cm³/mol. The standard InChI is InChI=1S/C28H22F2N4O5/c1-33-8-9-39-22-7-6-15(11-21(22)33)25(35)23-24(14-4-3-5-16(10-14)38-2)34(27(37)26(23)36)28-31-19-12-17(29)18(30)13-20(19)32-28/h3-7,10-13,24,35H,8-9H2,1-2H3,(H,31,32)/b25-23+. The third kappa shape index (κ3) is 3.94. The lowest BCUT2D eigenvalue weighted by atomic mass is 9.95. The quantitative estimate of drug-likeness (QED) is 0.229. The molecule has 3 heterocycles. The number of hydrogen-bond donors (Lipinski definition) is 2. The van der Waals surface area contributed by atoms with Gasteiger partial charge < -0.3 is 24.5 Å². The van der Waals surface area contributed by atoms with Crippen LogP contribution in [-0.2, 0) is 9.59 Å². The van der Waals surface area contributed by atoms with Gasteiger partial charge in [-0.1, -0.05) is 12.1 Å². The van der Waals surface area contributed by atoms with E-state index in [0.717, 1.165) is 22.7 Å². The summed E-state index contributed by atoms with van der Waals surface area (Å²) in [5.41, 5.74) is 1.50. The summed E-state index contributed by atoms with van der Waals surface area (Å²) in [5.74, 6) is -3.52. The molecule has 6 rings (SSSR count). The van der Waals surface area contributed by atoms with E-state index in [4.69, 9.17) is 9.47 Å². The number of aliphatic hydroxyl groups excluding tert-OH is 1. The van der Waals surface area contributed by atoms with Crippen LogP contribution in [0.2, 0.25) is 0 Å². The molecule has 0 aliphatic carbocycles. The summed E-state index contributed by atoms with van der Waals surface area (Å²) >= 11 is 0. The molecule has 3 aromatic carbocycles. The number of H-pyrrole nitrogens is 1. The fraction of sp³-hybridized carbons (Fsp3) is 0.179. The third-order valence-corrected chi connectivity index (χ3v) is 6.92. The molecule has 1 fully saturated rings. The number of nitrogens with zero attached hydrogens (tertiary/aromatic N) is 3. The number of likely N-dealkylation sites (N-methyl/N-ethyl adjacent to an activating group) is 1. The van der Waals surface area contributed by atoms with Gasteiger partial charge >= 0.3 is 5.91 Å². The Labute approximate surface area is 220 Å². The maximum Gasteiger partial charge on any atom is 0.302 e. The van der Waals surface area contributed by atoms with Crippen LogP contribution in [0.3, 0.4) is 0 Å². The van der Waals surface area contributed by atoms with Crippen molar-refractivity contribution in [2.24, 2.45) is 0 Å². The number of rotatable bonds is 4. The number of hydrogen-bond acceptors (Lipinski definition) is 7. The number of halogens is 2. The van der Waals surface area contributed by atoms with E-state index in [2.05, 4.69) is 9.97 Å². The summed E-state index contributed by atoms with van der Waals surface area (Å²) in [7, 11) is 3.36. The van der Waals surface area contributed by atoms with E-state index in [1.807, 2.05) is 11.9 Å². The van der Waals surface area contributed by atoms with Gasteiger partial charge in [-0.2, -0.15) is 0 Å². The fourth-order valence-electron chi connectivity index (χ4n) is 4.94. The van der Waals surface area contributed by atoms with Crippen LogP contribution in [0.15, 0.2) is 60.2 Å². The van der Waals surface area contributed by atoms with Crippen molar-refractivity contribution in [2.75, 3.05) is 37.1 Å². The lowest BCUT2D eigenvalue weighted by Crippen LogP contribution is -2.30. The number of imidazole rings is 1. The van der Waals surface area contributed by atoms with Gasteiger partial charge in [0.2, 0.25) is 5.95 Å². The first-order valence-electron chi connectivity index (χ1n) is 12.0. The normalized spacial score (nSPS) is 18.4. The minimum Gasteiger partial charge on any atom is -0.507 e. The number of carbonyl (C=O) groups excluding carboxylic acids is 2. The van der Waals surface area contributed by atoms with Crippen molar-refractivity contribution in [1.82, 2.24) is 9.97 Å². The largest absolute Gasteiger partial charge is 0.507 e. The zero-order valence-corrected chi connectivity index (χ0v) is 20.9. The van der Waals surface area contributed by atoms with Crippen molar-refractivity contribution in [3.63, 3.8) is 0 Å². The molecule has 2 aliphatic rings. The molecule has 198 valence electrons. The van der Waals surface area contributed by atoms with Crippen molar-refractivity contribution >= 4 is 40.1 Å². The average Bonchev–Trinajstić information content (AvgIpc) is 3.45. The second-order valence-electron chi connectivity index (χ2n) is 9.24. The number of aliphatic hydroxyl groups is 1. The molecule has 1 aromatic heterocycles. The molecule has 11 heteroatoms. The number of benzene rings is 3. The van der Waals surface area contributed by atoms with Crippen molar-refractivity contribution in [1.29, 1.82) is 0 Å². The van der Waals surface area contributed by atoms with Crippen molar-refractivity contribution < 1.29 is 33.0 Å². The minimum absolute atomic E-state index is 0.0629. The highest BCUT2D eigenvalue weighted by molar-refractivity contribution is 6.51. The van der Waals surface area contributed by atoms with Gasteiger partial charge in [-0.15, -0.1) is 0 Å². The summed E-state index contributed by atoms with van der Waals surface area (Å²) in [6.45, 7) is 1.15. The lowest BCUT2D eigenvalue weighted by molar-refractivity contribution is -0.132. The maximum absolute atomic E-state index is 13.9. The van der Waals surface area contributed by atoms with Gasteiger partial charge in [0.1, 0.15) is 23.9 Å². The van der Waals surface area contributed by atoms with Crippen molar-refractivity contribution in [2.45, 2.75) is 6.04 Å². The van der Waals surface area contributed by atoms with Crippen molar-refractivity contribution in [3.05, 3.63) is 82.9 Å². The number of nitrogens with one attached hydrogen (secondary N) is 1. The van der Waals surface area contributed by atoms with E-state index >= 15 is 0 Å². The molecule has 2 N–H and O–H groups in total. The number of methoxy groups -OCH3 is 1. The summed E-state index contributed by atoms with van der Waals surface area (Å²) in [5, 5.41) is 11.5. The summed E-state index contributed by atoms with van der Waals surface area (Å²) < 4.78 is 38.8. The number of amides is 1. The van der Waals surface area contributed by atoms with E-state index in [1.54, 1.807) is 42.5 Å². The summed E-state index contributed by atoms with van der Waals surface area (Å²) in [4.78, 5) is 37.0. The molecular weight excluding hydrogens is 510 g/mol. The van der Waals surface area contributed by atoms with Gasteiger partial charge in [-0.05, 0) is 35.9 Å². The van der Waals surface area contributed by atoms with Crippen LogP contribution in [0, 0.1) is 11.6 Å². The first-order chi connectivity index (χ1) is 18.8. The number of aromatic nitrogens is 2. The Kier molecular flexibility index (Phi) is 5.71. The molecule has 1 amide bonds. The summed E-state index contributed by atoms with van der Waals surface area (Å²) in [6, 6.07) is 12.4. The summed E-state index contributed by atoms with van der Waals surface area (Å²) in [6.07, 6.45) is 0. The van der Waals surface area contributed by atoms with Crippen LogP contribution in [0.5, 0.6) is 11.5 Å². The van der Waals surface area contributed by atoms with Gasteiger partial charge in [0.15, 0.2) is 11.6 Å².